The van der Waals surface area contributed by atoms with E-state index in [0.717, 1.165) is 25.7 Å². The van der Waals surface area contributed by atoms with E-state index in [-0.39, 0.29) is 24.5 Å². The van der Waals surface area contributed by atoms with Crippen molar-refractivity contribution in [1.82, 2.24) is 10.3 Å². The molecule has 2 atom stereocenters. The SMILES string of the molecule is O=C(NC1CCCCCC1CO)c1cc(Cl)c[nH]1. The summed E-state index contributed by atoms with van der Waals surface area (Å²) in [6.45, 7) is 0.135. The summed E-state index contributed by atoms with van der Waals surface area (Å²) in [5.74, 6) is 0.0223. The first-order valence-electron chi connectivity index (χ1n) is 6.46. The summed E-state index contributed by atoms with van der Waals surface area (Å²) in [7, 11) is 0. The lowest BCUT2D eigenvalue weighted by Gasteiger charge is -2.24. The van der Waals surface area contributed by atoms with Gasteiger partial charge in [-0.2, -0.15) is 0 Å². The van der Waals surface area contributed by atoms with Crippen LogP contribution in [0.4, 0.5) is 0 Å². The lowest BCUT2D eigenvalue weighted by Crippen LogP contribution is -2.41. The molecule has 0 aromatic carbocycles. The zero-order valence-electron chi connectivity index (χ0n) is 10.3. The minimum Gasteiger partial charge on any atom is -0.396 e. The molecule has 0 aliphatic heterocycles. The molecule has 0 saturated heterocycles. The van der Waals surface area contributed by atoms with Crippen molar-refractivity contribution in [2.45, 2.75) is 38.1 Å². The third-order valence-electron chi connectivity index (χ3n) is 3.60. The number of carbonyl (C=O) groups excluding carboxylic acids is 1. The third kappa shape index (κ3) is 3.27. The van der Waals surface area contributed by atoms with Crippen LogP contribution in [0.5, 0.6) is 0 Å². The lowest BCUT2D eigenvalue weighted by atomic mass is 9.95. The van der Waals surface area contributed by atoms with E-state index >= 15 is 0 Å². The minimum absolute atomic E-state index is 0.0621. The van der Waals surface area contributed by atoms with Gasteiger partial charge in [0.05, 0.1) is 5.02 Å². The Hall–Kier alpha value is -1.00. The van der Waals surface area contributed by atoms with Gasteiger partial charge in [0, 0.05) is 24.8 Å². The standard InChI is InChI=1S/C13H19ClN2O2/c14-10-6-12(15-7-10)13(18)16-11-5-3-1-2-4-9(11)8-17/h6-7,9,11,15,17H,1-5,8H2,(H,16,18). The molecule has 1 aromatic rings. The van der Waals surface area contributed by atoms with Crippen LogP contribution in [-0.4, -0.2) is 28.6 Å². The van der Waals surface area contributed by atoms with Crippen LogP contribution in [0.1, 0.15) is 42.6 Å². The normalized spacial score (nSPS) is 24.6. The van der Waals surface area contributed by atoms with Gasteiger partial charge in [0.25, 0.3) is 5.91 Å². The van der Waals surface area contributed by atoms with Crippen LogP contribution in [0.25, 0.3) is 0 Å². The predicted octanol–water partition coefficient (Wildman–Crippen LogP) is 2.34. The molecule has 4 nitrogen and oxygen atoms in total. The second-order valence-corrected chi connectivity index (χ2v) is 5.33. The molecule has 0 radical (unpaired) electrons. The Morgan fingerprint density at radius 2 is 2.22 bits per heavy atom. The summed E-state index contributed by atoms with van der Waals surface area (Å²) in [4.78, 5) is 14.9. The fourth-order valence-electron chi connectivity index (χ4n) is 2.54. The van der Waals surface area contributed by atoms with Gasteiger partial charge in [-0.25, -0.2) is 0 Å². The molecule has 1 saturated carbocycles. The minimum atomic E-state index is -0.146. The molecule has 0 bridgehead atoms. The second-order valence-electron chi connectivity index (χ2n) is 4.89. The highest BCUT2D eigenvalue weighted by atomic mass is 35.5. The maximum Gasteiger partial charge on any atom is 0.267 e. The van der Waals surface area contributed by atoms with Gasteiger partial charge in [-0.1, -0.05) is 30.9 Å². The quantitative estimate of drug-likeness (QED) is 0.738. The van der Waals surface area contributed by atoms with Crippen molar-refractivity contribution in [3.8, 4) is 0 Å². The number of aromatic nitrogens is 1. The zero-order valence-corrected chi connectivity index (χ0v) is 11.0. The molecule has 1 amide bonds. The molecule has 1 aliphatic rings. The first-order valence-corrected chi connectivity index (χ1v) is 6.84. The number of amides is 1. The van der Waals surface area contributed by atoms with Gasteiger partial charge >= 0.3 is 0 Å². The van der Waals surface area contributed by atoms with Crippen molar-refractivity contribution in [2.75, 3.05) is 6.61 Å². The predicted molar refractivity (Wildman–Crippen MR) is 70.7 cm³/mol. The summed E-state index contributed by atoms with van der Waals surface area (Å²) in [5.41, 5.74) is 0.473. The van der Waals surface area contributed by atoms with Crippen molar-refractivity contribution >= 4 is 17.5 Å². The molecule has 2 unspecified atom stereocenters. The molecule has 100 valence electrons. The lowest BCUT2D eigenvalue weighted by molar-refractivity contribution is 0.0895. The number of aliphatic hydroxyl groups is 1. The molecular weight excluding hydrogens is 252 g/mol. The topological polar surface area (TPSA) is 65.1 Å². The van der Waals surface area contributed by atoms with E-state index in [1.54, 1.807) is 12.3 Å². The van der Waals surface area contributed by atoms with Crippen molar-refractivity contribution in [3.63, 3.8) is 0 Å². The van der Waals surface area contributed by atoms with Gasteiger partial charge in [0.15, 0.2) is 0 Å². The zero-order chi connectivity index (χ0) is 13.0. The van der Waals surface area contributed by atoms with Crippen LogP contribution in [-0.2, 0) is 0 Å². The molecular formula is C13H19ClN2O2. The molecule has 1 aromatic heterocycles. The van der Waals surface area contributed by atoms with E-state index in [1.165, 1.54) is 6.42 Å². The number of hydrogen-bond acceptors (Lipinski definition) is 2. The number of hydrogen-bond donors (Lipinski definition) is 3. The van der Waals surface area contributed by atoms with Gasteiger partial charge in [-0.05, 0) is 18.9 Å². The number of aliphatic hydroxyl groups excluding tert-OH is 1. The van der Waals surface area contributed by atoms with Gasteiger partial charge in [0.1, 0.15) is 5.69 Å². The third-order valence-corrected chi connectivity index (χ3v) is 3.82. The molecule has 2 rings (SSSR count). The van der Waals surface area contributed by atoms with E-state index in [1.807, 2.05) is 0 Å². The van der Waals surface area contributed by atoms with Crippen molar-refractivity contribution in [3.05, 3.63) is 23.0 Å². The average molecular weight is 271 g/mol. The van der Waals surface area contributed by atoms with Crippen LogP contribution in [0.2, 0.25) is 5.02 Å². The number of carbonyl (C=O) groups is 1. The van der Waals surface area contributed by atoms with Gasteiger partial charge in [0.2, 0.25) is 0 Å². The number of nitrogens with one attached hydrogen (secondary N) is 2. The van der Waals surface area contributed by atoms with E-state index in [0.29, 0.717) is 10.7 Å². The first-order chi connectivity index (χ1) is 8.70. The number of halogens is 1. The number of H-pyrrole nitrogens is 1. The summed E-state index contributed by atoms with van der Waals surface area (Å²) in [6.07, 6.45) is 6.92. The molecule has 0 spiro atoms. The van der Waals surface area contributed by atoms with E-state index in [4.69, 9.17) is 11.6 Å². The van der Waals surface area contributed by atoms with E-state index < -0.39 is 0 Å². The Morgan fingerprint density at radius 1 is 1.44 bits per heavy atom. The average Bonchev–Trinajstić information content (AvgIpc) is 2.67. The van der Waals surface area contributed by atoms with Gasteiger partial charge in [-0.15, -0.1) is 0 Å². The molecule has 5 heteroatoms. The van der Waals surface area contributed by atoms with Crippen molar-refractivity contribution in [2.24, 2.45) is 5.92 Å². The number of aromatic amines is 1. The molecule has 1 heterocycles. The van der Waals surface area contributed by atoms with E-state index in [9.17, 15) is 9.90 Å². The Kier molecular flexibility index (Phi) is 4.66. The van der Waals surface area contributed by atoms with Crippen LogP contribution in [0.3, 0.4) is 0 Å². The molecule has 1 fully saturated rings. The summed E-state index contributed by atoms with van der Waals surface area (Å²) >= 11 is 5.78. The Morgan fingerprint density at radius 3 is 2.89 bits per heavy atom. The highest BCUT2D eigenvalue weighted by molar-refractivity contribution is 6.30. The van der Waals surface area contributed by atoms with E-state index in [2.05, 4.69) is 10.3 Å². The van der Waals surface area contributed by atoms with Crippen molar-refractivity contribution in [1.29, 1.82) is 0 Å². The highest BCUT2D eigenvalue weighted by Crippen LogP contribution is 2.23. The fourth-order valence-corrected chi connectivity index (χ4v) is 2.70. The molecule has 3 N–H and O–H groups in total. The van der Waals surface area contributed by atoms with Gasteiger partial charge in [-0.3, -0.25) is 4.79 Å². The van der Waals surface area contributed by atoms with Crippen LogP contribution >= 0.6 is 11.6 Å². The van der Waals surface area contributed by atoms with Crippen LogP contribution in [0.15, 0.2) is 12.3 Å². The van der Waals surface area contributed by atoms with Crippen molar-refractivity contribution < 1.29 is 9.90 Å². The summed E-state index contributed by atoms with van der Waals surface area (Å²) < 4.78 is 0. The molecule has 18 heavy (non-hydrogen) atoms. The maximum absolute atomic E-state index is 12.0. The Labute approximate surface area is 112 Å². The monoisotopic (exact) mass is 270 g/mol. The molecule has 1 aliphatic carbocycles. The Bertz CT molecular complexity index is 405. The number of rotatable bonds is 3. The van der Waals surface area contributed by atoms with Crippen LogP contribution < -0.4 is 5.32 Å². The second kappa shape index (κ2) is 6.25. The van der Waals surface area contributed by atoms with Crippen LogP contribution in [0, 0.1) is 5.92 Å². The summed E-state index contributed by atoms with van der Waals surface area (Å²) in [5, 5.41) is 12.9. The highest BCUT2D eigenvalue weighted by Gasteiger charge is 2.25. The maximum atomic E-state index is 12.0. The largest absolute Gasteiger partial charge is 0.396 e. The van der Waals surface area contributed by atoms with Gasteiger partial charge < -0.3 is 15.4 Å². The Balaban J connectivity index is 1.99. The fraction of sp³-hybridized carbons (Fsp3) is 0.615. The first kappa shape index (κ1) is 13.4. The summed E-state index contributed by atoms with van der Waals surface area (Å²) in [6, 6.07) is 1.67. The smallest absolute Gasteiger partial charge is 0.267 e.